The van der Waals surface area contributed by atoms with Gasteiger partial charge in [0.2, 0.25) is 0 Å². The molecule has 0 fully saturated rings. The molecule has 5 heteroatoms. The molecule has 0 saturated carbocycles. The van der Waals surface area contributed by atoms with Crippen LogP contribution in [0.15, 0.2) is 34.4 Å². The summed E-state index contributed by atoms with van der Waals surface area (Å²) in [6.45, 7) is 0.852. The van der Waals surface area contributed by atoms with Crippen LogP contribution in [0.25, 0.3) is 0 Å². The fourth-order valence-electron chi connectivity index (χ4n) is 1.65. The molecular weight excluding hydrogens is 300 g/mol. The summed E-state index contributed by atoms with van der Waals surface area (Å²) in [5.74, 6) is 0. The predicted molar refractivity (Wildman–Crippen MR) is 74.3 cm³/mol. The quantitative estimate of drug-likeness (QED) is 0.942. The zero-order chi connectivity index (χ0) is 12.3. The van der Waals surface area contributed by atoms with E-state index in [9.17, 15) is 5.11 Å². The van der Waals surface area contributed by atoms with Gasteiger partial charge < -0.3 is 10.0 Å². The van der Waals surface area contributed by atoms with E-state index in [0.717, 1.165) is 22.3 Å². The van der Waals surface area contributed by atoms with Crippen molar-refractivity contribution in [1.29, 1.82) is 0 Å². The SMILES string of the molecule is CN(Cc1cc(Br)cs1)c1cnccc1CO. The van der Waals surface area contributed by atoms with E-state index in [4.69, 9.17) is 0 Å². The van der Waals surface area contributed by atoms with Gasteiger partial charge in [-0.2, -0.15) is 0 Å². The number of aliphatic hydroxyl groups excluding tert-OH is 1. The Morgan fingerprint density at radius 1 is 1.53 bits per heavy atom. The van der Waals surface area contributed by atoms with Gasteiger partial charge in [-0.05, 0) is 28.1 Å². The number of hydrogen-bond acceptors (Lipinski definition) is 4. The van der Waals surface area contributed by atoms with Crippen LogP contribution in [0.3, 0.4) is 0 Å². The van der Waals surface area contributed by atoms with Crippen LogP contribution in [0.2, 0.25) is 0 Å². The molecule has 1 N–H and O–H groups in total. The smallest absolute Gasteiger partial charge is 0.0703 e. The van der Waals surface area contributed by atoms with Crippen molar-refractivity contribution in [3.05, 3.63) is 44.8 Å². The van der Waals surface area contributed by atoms with E-state index in [1.807, 2.05) is 13.1 Å². The molecule has 0 aliphatic rings. The van der Waals surface area contributed by atoms with Crippen molar-refractivity contribution in [3.8, 4) is 0 Å². The molecule has 0 radical (unpaired) electrons. The van der Waals surface area contributed by atoms with E-state index in [0.29, 0.717) is 0 Å². The first kappa shape index (κ1) is 12.5. The molecular formula is C12H13BrN2OS. The summed E-state index contributed by atoms with van der Waals surface area (Å²) >= 11 is 5.16. The molecule has 0 bridgehead atoms. The van der Waals surface area contributed by atoms with Crippen molar-refractivity contribution in [3.63, 3.8) is 0 Å². The van der Waals surface area contributed by atoms with Crippen LogP contribution >= 0.6 is 27.3 Å². The molecule has 90 valence electrons. The Hall–Kier alpha value is -0.910. The number of nitrogens with zero attached hydrogens (tertiary/aromatic N) is 2. The number of aliphatic hydroxyl groups is 1. The molecule has 3 nitrogen and oxygen atoms in total. The molecule has 0 amide bonds. The molecule has 0 spiro atoms. The fourth-order valence-corrected chi connectivity index (χ4v) is 3.15. The number of hydrogen-bond donors (Lipinski definition) is 1. The third-order valence-electron chi connectivity index (χ3n) is 2.48. The number of aromatic nitrogens is 1. The monoisotopic (exact) mass is 312 g/mol. The highest BCUT2D eigenvalue weighted by Crippen LogP contribution is 2.24. The largest absolute Gasteiger partial charge is 0.392 e. The molecule has 17 heavy (non-hydrogen) atoms. The Balaban J connectivity index is 2.16. The van der Waals surface area contributed by atoms with E-state index in [1.54, 1.807) is 23.7 Å². The van der Waals surface area contributed by atoms with Gasteiger partial charge in [-0.15, -0.1) is 11.3 Å². The van der Waals surface area contributed by atoms with Crippen LogP contribution in [0.5, 0.6) is 0 Å². The molecule has 0 saturated heterocycles. The van der Waals surface area contributed by atoms with Crippen molar-refractivity contribution >= 4 is 33.0 Å². The zero-order valence-electron chi connectivity index (χ0n) is 9.43. The van der Waals surface area contributed by atoms with Crippen LogP contribution in [-0.4, -0.2) is 17.1 Å². The maximum atomic E-state index is 9.28. The van der Waals surface area contributed by atoms with E-state index in [-0.39, 0.29) is 6.61 Å². The average molecular weight is 313 g/mol. The zero-order valence-corrected chi connectivity index (χ0v) is 11.8. The Morgan fingerprint density at radius 3 is 3.00 bits per heavy atom. The first-order chi connectivity index (χ1) is 8.20. The van der Waals surface area contributed by atoms with Gasteiger partial charge in [0, 0.05) is 33.5 Å². The molecule has 2 heterocycles. The standard InChI is InChI=1S/C12H13BrN2OS/c1-15(6-11-4-10(13)8-17-11)12-5-14-3-2-9(12)7-16/h2-5,8,16H,6-7H2,1H3. The highest BCUT2D eigenvalue weighted by molar-refractivity contribution is 9.10. The highest BCUT2D eigenvalue weighted by atomic mass is 79.9. The molecule has 0 atom stereocenters. The summed E-state index contributed by atoms with van der Waals surface area (Å²) < 4.78 is 1.11. The van der Waals surface area contributed by atoms with Gasteiger partial charge in [-0.1, -0.05) is 0 Å². The van der Waals surface area contributed by atoms with Gasteiger partial charge in [0.05, 0.1) is 25.0 Å². The van der Waals surface area contributed by atoms with Gasteiger partial charge in [0.15, 0.2) is 0 Å². The van der Waals surface area contributed by atoms with E-state index in [1.165, 1.54) is 4.88 Å². The lowest BCUT2D eigenvalue weighted by molar-refractivity contribution is 0.282. The second kappa shape index (κ2) is 5.62. The maximum absolute atomic E-state index is 9.28. The molecule has 0 unspecified atom stereocenters. The Labute approximate surface area is 113 Å². The Kier molecular flexibility index (Phi) is 4.15. The van der Waals surface area contributed by atoms with Crippen LogP contribution in [0, 0.1) is 0 Å². The Bertz CT molecular complexity index is 501. The van der Waals surface area contributed by atoms with Crippen LogP contribution in [-0.2, 0) is 13.2 Å². The van der Waals surface area contributed by atoms with Crippen LogP contribution in [0.4, 0.5) is 5.69 Å². The molecule has 0 aromatic carbocycles. The maximum Gasteiger partial charge on any atom is 0.0703 e. The summed E-state index contributed by atoms with van der Waals surface area (Å²) in [4.78, 5) is 7.47. The molecule has 0 aliphatic heterocycles. The third kappa shape index (κ3) is 3.06. The number of rotatable bonds is 4. The third-order valence-corrected chi connectivity index (χ3v) is 4.17. The van der Waals surface area contributed by atoms with Gasteiger partial charge in [0.25, 0.3) is 0 Å². The van der Waals surface area contributed by atoms with Gasteiger partial charge >= 0.3 is 0 Å². The lowest BCUT2D eigenvalue weighted by Crippen LogP contribution is -2.17. The minimum Gasteiger partial charge on any atom is -0.392 e. The number of thiophene rings is 1. The summed E-state index contributed by atoms with van der Waals surface area (Å²) in [6.07, 6.45) is 3.48. The average Bonchev–Trinajstić information content (AvgIpc) is 2.74. The molecule has 2 rings (SSSR count). The minimum absolute atomic E-state index is 0.0380. The fraction of sp³-hybridized carbons (Fsp3) is 0.250. The van der Waals surface area contributed by atoms with Gasteiger partial charge in [0.1, 0.15) is 0 Å². The van der Waals surface area contributed by atoms with E-state index >= 15 is 0 Å². The van der Waals surface area contributed by atoms with Crippen molar-refractivity contribution in [2.24, 2.45) is 0 Å². The first-order valence-corrected chi connectivity index (χ1v) is 6.85. The highest BCUT2D eigenvalue weighted by Gasteiger charge is 2.08. The minimum atomic E-state index is 0.0380. The molecule has 0 aliphatic carbocycles. The van der Waals surface area contributed by atoms with Crippen LogP contribution < -0.4 is 4.90 Å². The lowest BCUT2D eigenvalue weighted by atomic mass is 10.2. The number of halogens is 1. The summed E-state index contributed by atoms with van der Waals surface area (Å²) in [6, 6.07) is 3.95. The topological polar surface area (TPSA) is 36.4 Å². The second-order valence-electron chi connectivity index (χ2n) is 3.75. The molecule has 2 aromatic heterocycles. The second-order valence-corrected chi connectivity index (χ2v) is 5.66. The van der Waals surface area contributed by atoms with E-state index in [2.05, 4.69) is 37.3 Å². The van der Waals surface area contributed by atoms with Gasteiger partial charge in [-0.3, -0.25) is 4.98 Å². The Morgan fingerprint density at radius 2 is 2.35 bits per heavy atom. The number of pyridine rings is 1. The summed E-state index contributed by atoms with van der Waals surface area (Å²) in [7, 11) is 2.00. The van der Waals surface area contributed by atoms with Crippen molar-refractivity contribution in [2.75, 3.05) is 11.9 Å². The summed E-state index contributed by atoms with van der Waals surface area (Å²) in [5, 5.41) is 11.3. The van der Waals surface area contributed by atoms with Crippen molar-refractivity contribution in [1.82, 2.24) is 4.98 Å². The normalized spacial score (nSPS) is 10.5. The van der Waals surface area contributed by atoms with Crippen molar-refractivity contribution < 1.29 is 5.11 Å². The first-order valence-electron chi connectivity index (χ1n) is 5.18. The lowest BCUT2D eigenvalue weighted by Gasteiger charge is -2.20. The predicted octanol–water partition coefficient (Wildman–Crippen LogP) is 3.03. The number of anilines is 1. The van der Waals surface area contributed by atoms with Gasteiger partial charge in [-0.25, -0.2) is 0 Å². The van der Waals surface area contributed by atoms with E-state index < -0.39 is 0 Å². The molecule has 2 aromatic rings. The summed E-state index contributed by atoms with van der Waals surface area (Å²) in [5.41, 5.74) is 1.87. The van der Waals surface area contributed by atoms with Crippen LogP contribution in [0.1, 0.15) is 10.4 Å². The van der Waals surface area contributed by atoms with Crippen molar-refractivity contribution in [2.45, 2.75) is 13.2 Å².